The molecule has 1 aromatic heterocycles. The van der Waals surface area contributed by atoms with Crippen molar-refractivity contribution >= 4 is 0 Å². The summed E-state index contributed by atoms with van der Waals surface area (Å²) in [5.74, 6) is 0.385. The van der Waals surface area contributed by atoms with E-state index >= 15 is 0 Å². The van der Waals surface area contributed by atoms with Crippen LogP contribution in [0.5, 0.6) is 0 Å². The number of nitrogens with zero attached hydrogens (tertiary/aromatic N) is 1. The van der Waals surface area contributed by atoms with Crippen LogP contribution in [0.3, 0.4) is 0 Å². The fourth-order valence-electron chi connectivity index (χ4n) is 1.74. The van der Waals surface area contributed by atoms with E-state index in [0.717, 1.165) is 12.1 Å². The third kappa shape index (κ3) is 4.29. The summed E-state index contributed by atoms with van der Waals surface area (Å²) < 4.78 is 0. The van der Waals surface area contributed by atoms with Crippen molar-refractivity contribution in [1.29, 1.82) is 0 Å². The zero-order valence-electron chi connectivity index (χ0n) is 10.6. The predicted octanol–water partition coefficient (Wildman–Crippen LogP) is 2.31. The van der Waals surface area contributed by atoms with E-state index < -0.39 is 0 Å². The molecule has 0 aliphatic carbocycles. The standard InChI is InChI=1S/C14H22N2O/c1-4-7-13(12-8-5-6-9-15-12)16-14(10-17)11(2)3/h4-6,8-9,11,13-14,16-17H,1,7,10H2,2-3H3/t13-,14+/m0/s1. The summed E-state index contributed by atoms with van der Waals surface area (Å²) in [5.41, 5.74) is 0.992. The number of aromatic nitrogens is 1. The molecule has 0 bridgehead atoms. The molecule has 0 aliphatic heterocycles. The van der Waals surface area contributed by atoms with Gasteiger partial charge in [-0.15, -0.1) is 6.58 Å². The number of nitrogens with one attached hydrogen (secondary N) is 1. The Morgan fingerprint density at radius 2 is 2.24 bits per heavy atom. The first-order chi connectivity index (χ1) is 8.19. The van der Waals surface area contributed by atoms with Crippen LogP contribution in [0.25, 0.3) is 0 Å². The molecule has 3 nitrogen and oxygen atoms in total. The number of rotatable bonds is 7. The lowest BCUT2D eigenvalue weighted by Gasteiger charge is -2.26. The minimum Gasteiger partial charge on any atom is -0.395 e. The number of hydrogen-bond acceptors (Lipinski definition) is 3. The quantitative estimate of drug-likeness (QED) is 0.712. The van der Waals surface area contributed by atoms with Crippen molar-refractivity contribution in [2.45, 2.75) is 32.4 Å². The van der Waals surface area contributed by atoms with Gasteiger partial charge in [0.05, 0.1) is 18.3 Å². The molecule has 0 aliphatic rings. The topological polar surface area (TPSA) is 45.1 Å². The summed E-state index contributed by atoms with van der Waals surface area (Å²) in [6.45, 7) is 8.10. The summed E-state index contributed by atoms with van der Waals surface area (Å²) in [4.78, 5) is 4.35. The van der Waals surface area contributed by atoms with Gasteiger partial charge < -0.3 is 10.4 Å². The lowest BCUT2D eigenvalue weighted by Crippen LogP contribution is -2.39. The van der Waals surface area contributed by atoms with E-state index in [2.05, 4.69) is 30.7 Å². The summed E-state index contributed by atoms with van der Waals surface area (Å²) >= 11 is 0. The van der Waals surface area contributed by atoms with Gasteiger partial charge in [-0.1, -0.05) is 26.0 Å². The molecular formula is C14H22N2O. The Bertz CT molecular complexity index is 324. The van der Waals surface area contributed by atoms with Crippen LogP contribution >= 0.6 is 0 Å². The van der Waals surface area contributed by atoms with Gasteiger partial charge in [0.25, 0.3) is 0 Å². The molecule has 2 N–H and O–H groups in total. The first-order valence-corrected chi connectivity index (χ1v) is 6.07. The van der Waals surface area contributed by atoms with Gasteiger partial charge in [0, 0.05) is 12.2 Å². The van der Waals surface area contributed by atoms with Crippen LogP contribution in [0.2, 0.25) is 0 Å². The molecule has 3 heteroatoms. The maximum Gasteiger partial charge on any atom is 0.0587 e. The van der Waals surface area contributed by atoms with Crippen molar-refractivity contribution in [3.63, 3.8) is 0 Å². The molecule has 1 aromatic rings. The van der Waals surface area contributed by atoms with E-state index in [9.17, 15) is 5.11 Å². The van der Waals surface area contributed by atoms with E-state index in [0.29, 0.717) is 5.92 Å². The molecular weight excluding hydrogens is 212 g/mol. The summed E-state index contributed by atoms with van der Waals surface area (Å²) in [5, 5.41) is 12.8. The molecule has 0 spiro atoms. The zero-order chi connectivity index (χ0) is 12.7. The van der Waals surface area contributed by atoms with E-state index in [4.69, 9.17) is 0 Å². The molecule has 0 unspecified atom stereocenters. The summed E-state index contributed by atoms with van der Waals surface area (Å²) in [7, 11) is 0. The van der Waals surface area contributed by atoms with Crippen molar-refractivity contribution in [3.8, 4) is 0 Å². The molecule has 0 fully saturated rings. The highest BCUT2D eigenvalue weighted by Crippen LogP contribution is 2.17. The fourth-order valence-corrected chi connectivity index (χ4v) is 1.74. The van der Waals surface area contributed by atoms with Crippen molar-refractivity contribution in [2.24, 2.45) is 5.92 Å². The van der Waals surface area contributed by atoms with Crippen LogP contribution < -0.4 is 5.32 Å². The Labute approximate surface area is 104 Å². The molecule has 1 heterocycles. The average molecular weight is 234 g/mol. The lowest BCUT2D eigenvalue weighted by atomic mass is 10.0. The molecule has 0 saturated heterocycles. The Balaban J connectivity index is 2.76. The maximum absolute atomic E-state index is 9.35. The lowest BCUT2D eigenvalue weighted by molar-refractivity contribution is 0.198. The minimum absolute atomic E-state index is 0.0851. The van der Waals surface area contributed by atoms with Gasteiger partial charge in [-0.25, -0.2) is 0 Å². The van der Waals surface area contributed by atoms with Crippen molar-refractivity contribution in [1.82, 2.24) is 10.3 Å². The minimum atomic E-state index is 0.0851. The molecule has 0 radical (unpaired) electrons. The number of pyridine rings is 1. The highest BCUT2D eigenvalue weighted by Gasteiger charge is 2.18. The van der Waals surface area contributed by atoms with Crippen LogP contribution in [0, 0.1) is 5.92 Å². The van der Waals surface area contributed by atoms with Crippen LogP contribution in [-0.2, 0) is 0 Å². The van der Waals surface area contributed by atoms with E-state index in [-0.39, 0.29) is 18.7 Å². The third-order valence-corrected chi connectivity index (χ3v) is 2.86. The number of aliphatic hydroxyl groups excluding tert-OH is 1. The Kier molecular flexibility index (Phi) is 5.87. The normalized spacial score (nSPS) is 14.6. The second-order valence-corrected chi connectivity index (χ2v) is 4.53. The molecule has 17 heavy (non-hydrogen) atoms. The monoisotopic (exact) mass is 234 g/mol. The van der Waals surface area contributed by atoms with Crippen LogP contribution in [0.4, 0.5) is 0 Å². The van der Waals surface area contributed by atoms with Gasteiger partial charge in [0.1, 0.15) is 0 Å². The van der Waals surface area contributed by atoms with E-state index in [1.807, 2.05) is 24.3 Å². The van der Waals surface area contributed by atoms with Gasteiger partial charge in [-0.2, -0.15) is 0 Å². The first-order valence-electron chi connectivity index (χ1n) is 6.07. The Hall–Kier alpha value is -1.19. The molecule has 0 aromatic carbocycles. The molecule has 2 atom stereocenters. The second kappa shape index (κ2) is 7.20. The van der Waals surface area contributed by atoms with Crippen LogP contribution in [-0.4, -0.2) is 22.7 Å². The van der Waals surface area contributed by atoms with E-state index in [1.165, 1.54) is 0 Å². The van der Waals surface area contributed by atoms with E-state index in [1.54, 1.807) is 6.20 Å². The zero-order valence-corrected chi connectivity index (χ0v) is 10.6. The van der Waals surface area contributed by atoms with Gasteiger partial charge in [0.2, 0.25) is 0 Å². The van der Waals surface area contributed by atoms with Crippen molar-refractivity contribution in [3.05, 3.63) is 42.7 Å². The molecule has 0 amide bonds. The highest BCUT2D eigenvalue weighted by atomic mass is 16.3. The number of hydrogen-bond donors (Lipinski definition) is 2. The van der Waals surface area contributed by atoms with Gasteiger partial charge in [0.15, 0.2) is 0 Å². The Morgan fingerprint density at radius 1 is 1.47 bits per heavy atom. The second-order valence-electron chi connectivity index (χ2n) is 4.53. The van der Waals surface area contributed by atoms with Gasteiger partial charge in [-0.05, 0) is 24.5 Å². The molecule has 0 saturated carbocycles. The van der Waals surface area contributed by atoms with Gasteiger partial charge in [-0.3, -0.25) is 4.98 Å². The van der Waals surface area contributed by atoms with Crippen LogP contribution in [0.1, 0.15) is 32.0 Å². The van der Waals surface area contributed by atoms with Crippen molar-refractivity contribution in [2.75, 3.05) is 6.61 Å². The average Bonchev–Trinajstić information content (AvgIpc) is 2.35. The van der Waals surface area contributed by atoms with Crippen molar-refractivity contribution < 1.29 is 5.11 Å². The molecule has 94 valence electrons. The van der Waals surface area contributed by atoms with Crippen LogP contribution in [0.15, 0.2) is 37.1 Å². The third-order valence-electron chi connectivity index (χ3n) is 2.86. The highest BCUT2D eigenvalue weighted by molar-refractivity contribution is 5.10. The largest absolute Gasteiger partial charge is 0.395 e. The van der Waals surface area contributed by atoms with Gasteiger partial charge >= 0.3 is 0 Å². The fraction of sp³-hybridized carbons (Fsp3) is 0.500. The first kappa shape index (κ1) is 13.9. The maximum atomic E-state index is 9.35. The molecule has 1 rings (SSSR count). The Morgan fingerprint density at radius 3 is 2.71 bits per heavy atom. The summed E-state index contributed by atoms with van der Waals surface area (Å²) in [6, 6.07) is 6.08. The number of aliphatic hydroxyl groups is 1. The predicted molar refractivity (Wildman–Crippen MR) is 70.6 cm³/mol. The SMILES string of the molecule is C=CC[C@H](N[C@H](CO)C(C)C)c1ccccn1. The summed E-state index contributed by atoms with van der Waals surface area (Å²) in [6.07, 6.45) is 4.47. The smallest absolute Gasteiger partial charge is 0.0587 e.